The first-order valence-corrected chi connectivity index (χ1v) is 10.6. The molecule has 34 heavy (non-hydrogen) atoms. The van der Waals surface area contributed by atoms with E-state index in [1.807, 2.05) is 0 Å². The lowest BCUT2D eigenvalue weighted by atomic mass is 10.2. The second kappa shape index (κ2) is 10.2. The molecule has 1 heterocycles. The van der Waals surface area contributed by atoms with E-state index >= 15 is 0 Å². The largest absolute Gasteiger partial charge is 0.485 e. The Morgan fingerprint density at radius 2 is 1.88 bits per heavy atom. The first-order chi connectivity index (χ1) is 15.9. The number of fused-ring (bicyclic) bond motifs is 1. The van der Waals surface area contributed by atoms with E-state index < -0.39 is 22.4 Å². The molecule has 1 aromatic heterocycles. The van der Waals surface area contributed by atoms with Crippen molar-refractivity contribution in [3.8, 4) is 5.75 Å². The number of nitrogens with one attached hydrogen (secondary N) is 2. The average molecular weight is 512 g/mol. The molecule has 0 aliphatic carbocycles. The van der Waals surface area contributed by atoms with Gasteiger partial charge in [-0.3, -0.25) is 10.1 Å². The number of nitro groups is 1. The van der Waals surface area contributed by atoms with Gasteiger partial charge in [0.2, 0.25) is 0 Å². The number of halogens is 3. The maximum atomic E-state index is 14.3. The first kappa shape index (κ1) is 25.2. The van der Waals surface area contributed by atoms with Gasteiger partial charge in [-0.25, -0.2) is 19.2 Å². The zero-order chi connectivity index (χ0) is 25.0. The number of carbonyl (C=O) groups excluding carboxylic acids is 1. The number of nitrogens with zero attached hydrogens (tertiary/aromatic N) is 3. The highest BCUT2D eigenvalue weighted by atomic mass is 35.5. The van der Waals surface area contributed by atoms with Crippen molar-refractivity contribution in [2.75, 3.05) is 18.5 Å². The number of ether oxygens (including phenoxy) is 2. The molecule has 2 aromatic carbocycles. The van der Waals surface area contributed by atoms with Gasteiger partial charge in [0.25, 0.3) is 0 Å². The molecule has 3 rings (SSSR count). The molecule has 0 saturated heterocycles. The molecule has 2 N–H and O–H groups in total. The first-order valence-electron chi connectivity index (χ1n) is 9.89. The average Bonchev–Trinajstić information content (AvgIpc) is 2.73. The van der Waals surface area contributed by atoms with Crippen LogP contribution < -0.4 is 15.4 Å². The van der Waals surface area contributed by atoms with Gasteiger partial charge >= 0.3 is 11.8 Å². The monoisotopic (exact) mass is 511 g/mol. The summed E-state index contributed by atoms with van der Waals surface area (Å²) in [7, 11) is 0. The number of hydrogen-bond donors (Lipinski definition) is 2. The van der Waals surface area contributed by atoms with E-state index in [1.165, 1.54) is 24.5 Å². The van der Waals surface area contributed by atoms with Crippen LogP contribution in [0.1, 0.15) is 20.8 Å². The number of carbonyl (C=O) groups is 1. The summed E-state index contributed by atoms with van der Waals surface area (Å²) in [5.74, 6) is -0.634. The van der Waals surface area contributed by atoms with Gasteiger partial charge in [0.15, 0.2) is 5.75 Å². The molecule has 1 amide bonds. The zero-order valence-electron chi connectivity index (χ0n) is 18.3. The van der Waals surface area contributed by atoms with Gasteiger partial charge in [-0.1, -0.05) is 23.2 Å². The standard InChI is InChI=1S/C21H20Cl2FN5O5/c1-21(2,3)34-20(30)25-4-5-33-18-9-15-11(6-17(18)29(31)32)19(27-10-26-15)28-16-8-13(23)12(22)7-14(16)24/h6-10H,4-5H2,1-3H3,(H,25,30)(H,26,27,28). The Hall–Kier alpha value is -3.44. The van der Waals surface area contributed by atoms with E-state index in [0.29, 0.717) is 5.52 Å². The number of aromatic nitrogens is 2. The molecule has 0 aliphatic rings. The fourth-order valence-electron chi connectivity index (χ4n) is 2.80. The summed E-state index contributed by atoms with van der Waals surface area (Å²) in [6.07, 6.45) is 0.571. The van der Waals surface area contributed by atoms with Crippen LogP contribution in [0.4, 0.5) is 26.4 Å². The topological polar surface area (TPSA) is 129 Å². The predicted molar refractivity (Wildman–Crippen MR) is 126 cm³/mol. The molecule has 180 valence electrons. The third-order valence-electron chi connectivity index (χ3n) is 4.20. The van der Waals surface area contributed by atoms with Gasteiger partial charge < -0.3 is 20.1 Å². The van der Waals surface area contributed by atoms with Crippen LogP contribution in [0.5, 0.6) is 5.75 Å². The van der Waals surface area contributed by atoms with Gasteiger partial charge in [-0.15, -0.1) is 0 Å². The van der Waals surface area contributed by atoms with Crippen LogP contribution in [-0.2, 0) is 4.74 Å². The van der Waals surface area contributed by atoms with Crippen molar-refractivity contribution in [1.82, 2.24) is 15.3 Å². The molecular weight excluding hydrogens is 492 g/mol. The number of anilines is 2. The van der Waals surface area contributed by atoms with Crippen molar-refractivity contribution in [3.63, 3.8) is 0 Å². The van der Waals surface area contributed by atoms with Gasteiger partial charge in [0.05, 0.1) is 38.1 Å². The van der Waals surface area contributed by atoms with Gasteiger partial charge in [-0.2, -0.15) is 0 Å². The summed E-state index contributed by atoms with van der Waals surface area (Å²) in [5, 5.41) is 17.3. The Kier molecular flexibility index (Phi) is 7.57. The lowest BCUT2D eigenvalue weighted by molar-refractivity contribution is -0.385. The quantitative estimate of drug-likeness (QED) is 0.180. The lowest BCUT2D eigenvalue weighted by Crippen LogP contribution is -2.34. The molecule has 0 atom stereocenters. The lowest BCUT2D eigenvalue weighted by Gasteiger charge is -2.19. The van der Waals surface area contributed by atoms with Crippen LogP contribution in [0.15, 0.2) is 30.6 Å². The molecule has 0 spiro atoms. The fourth-order valence-corrected chi connectivity index (χ4v) is 3.12. The van der Waals surface area contributed by atoms with Crippen LogP contribution in [-0.4, -0.2) is 39.7 Å². The minimum atomic E-state index is -0.687. The zero-order valence-corrected chi connectivity index (χ0v) is 19.8. The van der Waals surface area contributed by atoms with Crippen molar-refractivity contribution in [2.45, 2.75) is 26.4 Å². The van der Waals surface area contributed by atoms with Gasteiger partial charge in [-0.05, 0) is 32.9 Å². The highest BCUT2D eigenvalue weighted by Gasteiger charge is 2.21. The van der Waals surface area contributed by atoms with E-state index in [4.69, 9.17) is 32.7 Å². The molecule has 0 aliphatic heterocycles. The Bertz CT molecular complexity index is 1250. The van der Waals surface area contributed by atoms with Crippen molar-refractivity contribution < 1.29 is 23.6 Å². The molecule has 13 heteroatoms. The number of rotatable bonds is 7. The number of alkyl carbamates (subject to hydrolysis) is 1. The molecule has 10 nitrogen and oxygen atoms in total. The Balaban J connectivity index is 1.83. The summed E-state index contributed by atoms with van der Waals surface area (Å²) in [6, 6.07) is 4.88. The Labute approximate surface area is 203 Å². The van der Waals surface area contributed by atoms with Crippen molar-refractivity contribution >= 4 is 57.4 Å². The third-order valence-corrected chi connectivity index (χ3v) is 4.93. The summed E-state index contributed by atoms with van der Waals surface area (Å²) in [5.41, 5.74) is -0.741. The molecule has 0 radical (unpaired) electrons. The van der Waals surface area contributed by atoms with Crippen LogP contribution in [0, 0.1) is 15.9 Å². The van der Waals surface area contributed by atoms with E-state index in [2.05, 4.69) is 20.6 Å². The molecule has 3 aromatic rings. The Morgan fingerprint density at radius 1 is 1.18 bits per heavy atom. The summed E-state index contributed by atoms with van der Waals surface area (Å²) in [6.45, 7) is 5.17. The number of hydrogen-bond acceptors (Lipinski definition) is 8. The predicted octanol–water partition coefficient (Wildman–Crippen LogP) is 5.63. The van der Waals surface area contributed by atoms with Crippen LogP contribution in [0.2, 0.25) is 10.0 Å². The fraction of sp³-hybridized carbons (Fsp3) is 0.286. The highest BCUT2D eigenvalue weighted by Crippen LogP contribution is 2.36. The minimum absolute atomic E-state index is 0.0226. The van der Waals surface area contributed by atoms with Crippen LogP contribution in [0.25, 0.3) is 10.9 Å². The molecular formula is C21H20Cl2FN5O5. The minimum Gasteiger partial charge on any atom is -0.485 e. The molecule has 0 saturated carbocycles. The molecule has 0 fully saturated rings. The van der Waals surface area contributed by atoms with E-state index in [0.717, 1.165) is 6.07 Å². The van der Waals surface area contributed by atoms with Gasteiger partial charge in [0.1, 0.15) is 30.2 Å². The maximum absolute atomic E-state index is 14.3. The van der Waals surface area contributed by atoms with E-state index in [1.54, 1.807) is 20.8 Å². The third kappa shape index (κ3) is 6.33. The summed E-state index contributed by atoms with van der Waals surface area (Å²) >= 11 is 11.8. The van der Waals surface area contributed by atoms with Crippen LogP contribution >= 0.6 is 23.2 Å². The van der Waals surface area contributed by atoms with Gasteiger partial charge in [0, 0.05) is 12.1 Å². The molecule has 0 unspecified atom stereocenters. The smallest absolute Gasteiger partial charge is 0.407 e. The Morgan fingerprint density at radius 3 is 2.56 bits per heavy atom. The number of nitro benzene ring substituents is 1. The van der Waals surface area contributed by atoms with E-state index in [-0.39, 0.29) is 51.5 Å². The SMILES string of the molecule is CC(C)(C)OC(=O)NCCOc1cc2ncnc(Nc3cc(Cl)c(Cl)cc3F)c2cc1[N+](=O)[O-]. The van der Waals surface area contributed by atoms with Crippen molar-refractivity contribution in [1.29, 1.82) is 0 Å². The second-order valence-electron chi connectivity index (χ2n) is 7.96. The van der Waals surface area contributed by atoms with Crippen molar-refractivity contribution in [3.05, 3.63) is 56.6 Å². The normalized spacial score (nSPS) is 11.2. The van der Waals surface area contributed by atoms with Crippen molar-refractivity contribution in [2.24, 2.45) is 0 Å². The maximum Gasteiger partial charge on any atom is 0.407 e. The highest BCUT2D eigenvalue weighted by molar-refractivity contribution is 6.42. The van der Waals surface area contributed by atoms with Crippen LogP contribution in [0.3, 0.4) is 0 Å². The van der Waals surface area contributed by atoms with E-state index in [9.17, 15) is 19.3 Å². The second-order valence-corrected chi connectivity index (χ2v) is 8.78. The summed E-state index contributed by atoms with van der Waals surface area (Å²) < 4.78 is 24.9. The summed E-state index contributed by atoms with van der Waals surface area (Å²) in [4.78, 5) is 30.9. The number of amides is 1. The molecule has 0 bridgehead atoms. The number of benzene rings is 2.